The third kappa shape index (κ3) is 4.59. The van der Waals surface area contributed by atoms with E-state index in [4.69, 9.17) is 4.74 Å². The molecule has 0 aromatic rings. The molecule has 0 spiro atoms. The molecule has 0 bridgehead atoms. The molecule has 0 radical (unpaired) electrons. The molecule has 0 aromatic heterocycles. The zero-order valence-electron chi connectivity index (χ0n) is 7.73. The van der Waals surface area contributed by atoms with Crippen molar-refractivity contribution in [3.8, 4) is 0 Å². The standard InChI is InChI=1S/C9H17BrO/c1-5-9(3,11-4)7-6-8(2)10/h6-8H,5H2,1-4H3/b7-6+. The van der Waals surface area contributed by atoms with E-state index in [1.807, 2.05) is 0 Å². The summed E-state index contributed by atoms with van der Waals surface area (Å²) in [6, 6.07) is 0. The van der Waals surface area contributed by atoms with Crippen LogP contribution < -0.4 is 0 Å². The molecule has 1 nitrogen and oxygen atoms in total. The van der Waals surface area contributed by atoms with Gasteiger partial charge in [0.05, 0.1) is 5.60 Å². The van der Waals surface area contributed by atoms with Gasteiger partial charge in [0.2, 0.25) is 0 Å². The molecular formula is C9H17BrO. The second-order valence-corrected chi connectivity index (χ2v) is 4.35. The van der Waals surface area contributed by atoms with Crippen LogP contribution in [0.1, 0.15) is 27.2 Å². The summed E-state index contributed by atoms with van der Waals surface area (Å²) in [5.74, 6) is 0. The van der Waals surface area contributed by atoms with Crippen LogP contribution in [0.15, 0.2) is 12.2 Å². The lowest BCUT2D eigenvalue weighted by Crippen LogP contribution is -2.22. The highest BCUT2D eigenvalue weighted by Gasteiger charge is 2.15. The number of halogens is 1. The molecule has 0 saturated heterocycles. The average Bonchev–Trinajstić information content (AvgIpc) is 2.00. The molecule has 0 amide bonds. The van der Waals surface area contributed by atoms with E-state index < -0.39 is 0 Å². The first kappa shape index (κ1) is 11.2. The molecule has 0 aliphatic rings. The molecule has 66 valence electrons. The van der Waals surface area contributed by atoms with Crippen molar-refractivity contribution in [2.45, 2.75) is 37.6 Å². The number of alkyl halides is 1. The molecule has 2 heteroatoms. The summed E-state index contributed by atoms with van der Waals surface area (Å²) >= 11 is 3.44. The molecule has 11 heavy (non-hydrogen) atoms. The molecule has 0 aliphatic heterocycles. The highest BCUT2D eigenvalue weighted by molar-refractivity contribution is 9.09. The number of hydrogen-bond acceptors (Lipinski definition) is 1. The van der Waals surface area contributed by atoms with Gasteiger partial charge in [-0.05, 0) is 20.3 Å². The topological polar surface area (TPSA) is 9.23 Å². The summed E-state index contributed by atoms with van der Waals surface area (Å²) in [5.41, 5.74) is -0.0952. The van der Waals surface area contributed by atoms with Gasteiger partial charge in [0, 0.05) is 11.9 Å². The van der Waals surface area contributed by atoms with Crippen molar-refractivity contribution in [1.82, 2.24) is 0 Å². The Labute approximate surface area is 78.0 Å². The third-order valence-corrected chi connectivity index (χ3v) is 2.19. The van der Waals surface area contributed by atoms with E-state index in [0.29, 0.717) is 4.83 Å². The molecule has 0 N–H and O–H groups in total. The zero-order chi connectivity index (χ0) is 8.91. The second kappa shape index (κ2) is 4.94. The molecule has 0 rings (SSSR count). The van der Waals surface area contributed by atoms with E-state index >= 15 is 0 Å². The lowest BCUT2D eigenvalue weighted by molar-refractivity contribution is 0.0454. The lowest BCUT2D eigenvalue weighted by atomic mass is 10.0. The Morgan fingerprint density at radius 1 is 1.64 bits per heavy atom. The van der Waals surface area contributed by atoms with Gasteiger partial charge in [0.25, 0.3) is 0 Å². The Bertz CT molecular complexity index is 126. The number of ether oxygens (including phenoxy) is 1. The van der Waals surface area contributed by atoms with Crippen molar-refractivity contribution in [2.24, 2.45) is 0 Å². The van der Waals surface area contributed by atoms with Crippen molar-refractivity contribution in [3.63, 3.8) is 0 Å². The summed E-state index contributed by atoms with van der Waals surface area (Å²) in [5, 5.41) is 0. The SMILES string of the molecule is CCC(C)(/C=C/C(C)Br)OC. The molecule has 2 unspecified atom stereocenters. The van der Waals surface area contributed by atoms with E-state index in [1.54, 1.807) is 7.11 Å². The Hall–Kier alpha value is 0.180. The summed E-state index contributed by atoms with van der Waals surface area (Å²) in [6.07, 6.45) is 5.21. The van der Waals surface area contributed by atoms with Gasteiger partial charge >= 0.3 is 0 Å². The van der Waals surface area contributed by atoms with Crippen LogP contribution >= 0.6 is 15.9 Å². The molecule has 0 saturated carbocycles. The minimum Gasteiger partial charge on any atom is -0.374 e. The molecule has 0 heterocycles. The fraction of sp³-hybridized carbons (Fsp3) is 0.778. The van der Waals surface area contributed by atoms with Crippen molar-refractivity contribution in [2.75, 3.05) is 7.11 Å². The Morgan fingerprint density at radius 3 is 2.45 bits per heavy atom. The van der Waals surface area contributed by atoms with E-state index in [2.05, 4.69) is 48.9 Å². The van der Waals surface area contributed by atoms with Gasteiger partial charge in [-0.15, -0.1) is 0 Å². The predicted molar refractivity (Wildman–Crippen MR) is 53.2 cm³/mol. The van der Waals surface area contributed by atoms with Crippen LogP contribution in [0.25, 0.3) is 0 Å². The van der Waals surface area contributed by atoms with Crippen molar-refractivity contribution < 1.29 is 4.74 Å². The van der Waals surface area contributed by atoms with Crippen LogP contribution in [0.3, 0.4) is 0 Å². The van der Waals surface area contributed by atoms with E-state index in [0.717, 1.165) is 6.42 Å². The third-order valence-electron chi connectivity index (χ3n) is 1.88. The van der Waals surface area contributed by atoms with Gasteiger partial charge in [-0.2, -0.15) is 0 Å². The minimum atomic E-state index is -0.0952. The normalized spacial score (nSPS) is 20.1. The van der Waals surface area contributed by atoms with Crippen LogP contribution in [-0.2, 0) is 4.74 Å². The highest BCUT2D eigenvalue weighted by atomic mass is 79.9. The first-order valence-corrected chi connectivity index (χ1v) is 4.84. The molecule has 0 fully saturated rings. The lowest BCUT2D eigenvalue weighted by Gasteiger charge is -2.22. The monoisotopic (exact) mass is 220 g/mol. The molecule has 0 aromatic carbocycles. The highest BCUT2D eigenvalue weighted by Crippen LogP contribution is 2.16. The maximum atomic E-state index is 5.33. The first-order chi connectivity index (χ1) is 5.04. The molecule has 0 aliphatic carbocycles. The quantitative estimate of drug-likeness (QED) is 0.523. The molecule has 2 atom stereocenters. The Kier molecular flexibility index (Phi) is 5.02. The number of rotatable bonds is 4. The van der Waals surface area contributed by atoms with E-state index in [-0.39, 0.29) is 5.60 Å². The smallest absolute Gasteiger partial charge is 0.0828 e. The largest absolute Gasteiger partial charge is 0.374 e. The second-order valence-electron chi connectivity index (χ2n) is 2.91. The zero-order valence-corrected chi connectivity index (χ0v) is 9.31. The number of allylic oxidation sites excluding steroid dienone is 1. The summed E-state index contributed by atoms with van der Waals surface area (Å²) in [4.78, 5) is 0.420. The van der Waals surface area contributed by atoms with Gasteiger partial charge in [-0.3, -0.25) is 0 Å². The number of methoxy groups -OCH3 is 1. The van der Waals surface area contributed by atoms with Crippen LogP contribution in [0, 0.1) is 0 Å². The maximum Gasteiger partial charge on any atom is 0.0828 e. The van der Waals surface area contributed by atoms with Crippen LogP contribution in [0.5, 0.6) is 0 Å². The average molecular weight is 221 g/mol. The van der Waals surface area contributed by atoms with Crippen molar-refractivity contribution in [1.29, 1.82) is 0 Å². The van der Waals surface area contributed by atoms with Crippen LogP contribution in [0.4, 0.5) is 0 Å². The van der Waals surface area contributed by atoms with E-state index in [9.17, 15) is 0 Å². The minimum absolute atomic E-state index is 0.0952. The Morgan fingerprint density at radius 2 is 2.18 bits per heavy atom. The summed E-state index contributed by atoms with van der Waals surface area (Å²) < 4.78 is 5.33. The fourth-order valence-electron chi connectivity index (χ4n) is 0.666. The summed E-state index contributed by atoms with van der Waals surface area (Å²) in [7, 11) is 1.74. The predicted octanol–water partition coefficient (Wildman–Crippen LogP) is 3.14. The number of hydrogen-bond donors (Lipinski definition) is 0. The summed E-state index contributed by atoms with van der Waals surface area (Å²) in [6.45, 7) is 6.29. The van der Waals surface area contributed by atoms with Crippen LogP contribution in [-0.4, -0.2) is 17.5 Å². The van der Waals surface area contributed by atoms with Gasteiger partial charge in [0.1, 0.15) is 0 Å². The maximum absolute atomic E-state index is 5.33. The van der Waals surface area contributed by atoms with Crippen molar-refractivity contribution >= 4 is 15.9 Å². The van der Waals surface area contributed by atoms with E-state index in [1.165, 1.54) is 0 Å². The first-order valence-electron chi connectivity index (χ1n) is 3.92. The van der Waals surface area contributed by atoms with Gasteiger partial charge in [-0.1, -0.05) is 35.0 Å². The van der Waals surface area contributed by atoms with Crippen molar-refractivity contribution in [3.05, 3.63) is 12.2 Å². The Balaban J connectivity index is 4.06. The van der Waals surface area contributed by atoms with Gasteiger partial charge in [-0.25, -0.2) is 0 Å². The van der Waals surface area contributed by atoms with Gasteiger partial charge in [0.15, 0.2) is 0 Å². The fourth-order valence-corrected chi connectivity index (χ4v) is 0.819. The van der Waals surface area contributed by atoms with Gasteiger partial charge < -0.3 is 4.74 Å². The molecular weight excluding hydrogens is 204 g/mol. The van der Waals surface area contributed by atoms with Crippen LogP contribution in [0.2, 0.25) is 0 Å².